The Labute approximate surface area is 149 Å². The van der Waals surface area contributed by atoms with Crippen molar-refractivity contribution in [3.05, 3.63) is 59.7 Å². The first kappa shape index (κ1) is 16.3. The molecule has 1 unspecified atom stereocenters. The average molecular weight is 335 g/mol. The van der Waals surface area contributed by atoms with E-state index in [1.165, 1.54) is 42.6 Å². The summed E-state index contributed by atoms with van der Waals surface area (Å²) in [7, 11) is 0. The first-order chi connectivity index (χ1) is 12.3. The maximum atomic E-state index is 5.66. The summed E-state index contributed by atoms with van der Waals surface area (Å²) >= 11 is 0. The largest absolute Gasteiger partial charge is 0.390 e. The van der Waals surface area contributed by atoms with Crippen molar-refractivity contribution in [1.82, 2.24) is 4.90 Å². The third-order valence-corrected chi connectivity index (χ3v) is 5.14. The molecular weight excluding hydrogens is 310 g/mol. The molecule has 2 aromatic carbocycles. The fourth-order valence-corrected chi connectivity index (χ4v) is 3.69. The summed E-state index contributed by atoms with van der Waals surface area (Å²) < 4.78 is 0. The zero-order valence-corrected chi connectivity index (χ0v) is 14.5. The van der Waals surface area contributed by atoms with E-state index in [0.29, 0.717) is 6.54 Å². The van der Waals surface area contributed by atoms with E-state index in [0.717, 1.165) is 24.2 Å². The van der Waals surface area contributed by atoms with Gasteiger partial charge in [0.05, 0.1) is 5.71 Å². The normalized spacial score (nSPS) is 20.5. The van der Waals surface area contributed by atoms with Crippen molar-refractivity contribution >= 4 is 5.71 Å². The summed E-state index contributed by atoms with van der Waals surface area (Å²) in [6.07, 6.45) is 3.47. The van der Waals surface area contributed by atoms with Crippen LogP contribution < -0.4 is 5.73 Å². The van der Waals surface area contributed by atoms with Crippen LogP contribution in [-0.2, 0) is 11.4 Å². The number of oxime groups is 1. The van der Waals surface area contributed by atoms with Gasteiger partial charge in [0, 0.05) is 19.5 Å². The second-order valence-electron chi connectivity index (χ2n) is 6.92. The molecule has 2 aromatic rings. The van der Waals surface area contributed by atoms with Crippen molar-refractivity contribution in [2.45, 2.75) is 31.9 Å². The van der Waals surface area contributed by atoms with Gasteiger partial charge in [-0.2, -0.15) is 0 Å². The summed E-state index contributed by atoms with van der Waals surface area (Å²) in [5.74, 6) is 0. The summed E-state index contributed by atoms with van der Waals surface area (Å²) in [6, 6.07) is 17.4. The second-order valence-corrected chi connectivity index (χ2v) is 6.92. The Morgan fingerprint density at radius 2 is 1.72 bits per heavy atom. The Kier molecular flexibility index (Phi) is 4.81. The second kappa shape index (κ2) is 7.38. The van der Waals surface area contributed by atoms with Crippen LogP contribution >= 0.6 is 0 Å². The van der Waals surface area contributed by atoms with Crippen LogP contribution in [0.25, 0.3) is 11.1 Å². The SMILES string of the molecule is NCC1CC(c2ccc(-c3ccccc3CN3CCCC3)cc2)=NO1. The highest BCUT2D eigenvalue weighted by atomic mass is 16.6. The van der Waals surface area contributed by atoms with Crippen LogP contribution in [0.15, 0.2) is 53.7 Å². The highest BCUT2D eigenvalue weighted by Gasteiger charge is 2.20. The number of rotatable bonds is 5. The van der Waals surface area contributed by atoms with E-state index in [4.69, 9.17) is 10.6 Å². The van der Waals surface area contributed by atoms with Gasteiger partial charge in [-0.3, -0.25) is 4.90 Å². The molecule has 0 radical (unpaired) electrons. The van der Waals surface area contributed by atoms with Gasteiger partial charge in [-0.15, -0.1) is 0 Å². The Balaban J connectivity index is 1.54. The van der Waals surface area contributed by atoms with Crippen molar-refractivity contribution in [2.75, 3.05) is 19.6 Å². The van der Waals surface area contributed by atoms with E-state index in [-0.39, 0.29) is 6.10 Å². The quantitative estimate of drug-likeness (QED) is 0.911. The number of nitrogens with zero attached hydrogens (tertiary/aromatic N) is 2. The molecule has 2 heterocycles. The highest BCUT2D eigenvalue weighted by Crippen LogP contribution is 2.27. The van der Waals surface area contributed by atoms with Gasteiger partial charge in [0.2, 0.25) is 0 Å². The molecular formula is C21H25N3O. The van der Waals surface area contributed by atoms with Gasteiger partial charge in [-0.05, 0) is 48.2 Å². The molecule has 25 heavy (non-hydrogen) atoms. The monoisotopic (exact) mass is 335 g/mol. The van der Waals surface area contributed by atoms with Gasteiger partial charge < -0.3 is 10.6 Å². The smallest absolute Gasteiger partial charge is 0.145 e. The van der Waals surface area contributed by atoms with Crippen LogP contribution in [0, 0.1) is 0 Å². The average Bonchev–Trinajstić information content (AvgIpc) is 3.34. The van der Waals surface area contributed by atoms with Crippen molar-refractivity contribution in [2.24, 2.45) is 10.9 Å². The van der Waals surface area contributed by atoms with E-state index in [9.17, 15) is 0 Å². The molecule has 2 aliphatic rings. The fourth-order valence-electron chi connectivity index (χ4n) is 3.69. The minimum Gasteiger partial charge on any atom is -0.390 e. The summed E-state index contributed by atoms with van der Waals surface area (Å²) in [6.45, 7) is 3.98. The number of hydrogen-bond acceptors (Lipinski definition) is 4. The van der Waals surface area contributed by atoms with Crippen molar-refractivity contribution in [3.63, 3.8) is 0 Å². The Hall–Kier alpha value is -2.17. The Morgan fingerprint density at radius 1 is 1.00 bits per heavy atom. The van der Waals surface area contributed by atoms with Gasteiger partial charge in [0.25, 0.3) is 0 Å². The van der Waals surface area contributed by atoms with Crippen molar-refractivity contribution in [1.29, 1.82) is 0 Å². The molecule has 0 amide bonds. The molecule has 1 saturated heterocycles. The standard InChI is InChI=1S/C21H25N3O/c22-14-19-13-21(23-25-19)17-9-7-16(8-10-17)20-6-2-1-5-18(20)15-24-11-3-4-12-24/h1-2,5-10,19H,3-4,11-15,22H2. The first-order valence-electron chi connectivity index (χ1n) is 9.17. The van der Waals surface area contributed by atoms with E-state index in [1.807, 2.05) is 0 Å². The van der Waals surface area contributed by atoms with E-state index in [1.54, 1.807) is 0 Å². The molecule has 4 nitrogen and oxygen atoms in total. The lowest BCUT2D eigenvalue weighted by Gasteiger charge is -2.17. The predicted molar refractivity (Wildman–Crippen MR) is 101 cm³/mol. The lowest BCUT2D eigenvalue weighted by atomic mass is 9.96. The molecule has 0 bridgehead atoms. The minimum atomic E-state index is 0.0239. The van der Waals surface area contributed by atoms with Crippen LogP contribution in [-0.4, -0.2) is 36.3 Å². The zero-order chi connectivity index (χ0) is 17.1. The third-order valence-electron chi connectivity index (χ3n) is 5.14. The molecule has 0 spiro atoms. The van der Waals surface area contributed by atoms with Crippen LogP contribution in [0.5, 0.6) is 0 Å². The molecule has 1 atom stereocenters. The number of hydrogen-bond donors (Lipinski definition) is 1. The Bertz CT molecular complexity index is 748. The van der Waals surface area contributed by atoms with Gasteiger partial charge >= 0.3 is 0 Å². The van der Waals surface area contributed by atoms with Crippen molar-refractivity contribution < 1.29 is 4.84 Å². The van der Waals surface area contributed by atoms with E-state index in [2.05, 4.69) is 58.6 Å². The summed E-state index contributed by atoms with van der Waals surface area (Å²) in [4.78, 5) is 7.88. The summed E-state index contributed by atoms with van der Waals surface area (Å²) in [5.41, 5.74) is 11.8. The molecule has 4 rings (SSSR count). The van der Waals surface area contributed by atoms with Gasteiger partial charge in [0.1, 0.15) is 6.10 Å². The predicted octanol–water partition coefficient (Wildman–Crippen LogP) is 3.40. The number of likely N-dealkylation sites (tertiary alicyclic amines) is 1. The van der Waals surface area contributed by atoms with Gasteiger partial charge in [-0.25, -0.2) is 0 Å². The molecule has 1 fully saturated rings. The topological polar surface area (TPSA) is 50.8 Å². The van der Waals surface area contributed by atoms with Gasteiger partial charge in [-0.1, -0.05) is 53.7 Å². The molecule has 4 heteroatoms. The lowest BCUT2D eigenvalue weighted by molar-refractivity contribution is 0.0918. The molecule has 0 aromatic heterocycles. The van der Waals surface area contributed by atoms with E-state index < -0.39 is 0 Å². The number of nitrogens with two attached hydrogens (primary N) is 1. The molecule has 0 aliphatic carbocycles. The first-order valence-corrected chi connectivity index (χ1v) is 9.17. The van der Waals surface area contributed by atoms with Crippen LogP contribution in [0.2, 0.25) is 0 Å². The van der Waals surface area contributed by atoms with Crippen LogP contribution in [0.4, 0.5) is 0 Å². The molecule has 0 saturated carbocycles. The Morgan fingerprint density at radius 3 is 2.44 bits per heavy atom. The zero-order valence-electron chi connectivity index (χ0n) is 14.5. The van der Waals surface area contributed by atoms with Crippen LogP contribution in [0.3, 0.4) is 0 Å². The summed E-state index contributed by atoms with van der Waals surface area (Å²) in [5, 5.41) is 4.18. The maximum Gasteiger partial charge on any atom is 0.145 e. The number of benzene rings is 2. The minimum absolute atomic E-state index is 0.0239. The lowest BCUT2D eigenvalue weighted by Crippen LogP contribution is -2.20. The van der Waals surface area contributed by atoms with Crippen LogP contribution in [0.1, 0.15) is 30.4 Å². The molecule has 2 aliphatic heterocycles. The molecule has 2 N–H and O–H groups in total. The highest BCUT2D eigenvalue weighted by molar-refractivity contribution is 6.01. The van der Waals surface area contributed by atoms with Crippen molar-refractivity contribution in [3.8, 4) is 11.1 Å². The fraction of sp³-hybridized carbons (Fsp3) is 0.381. The maximum absolute atomic E-state index is 5.66. The van der Waals surface area contributed by atoms with E-state index >= 15 is 0 Å². The third kappa shape index (κ3) is 3.60. The van der Waals surface area contributed by atoms with Gasteiger partial charge in [0.15, 0.2) is 0 Å². The molecule has 130 valence electrons.